The van der Waals surface area contributed by atoms with Gasteiger partial charge in [-0.2, -0.15) is 13.2 Å². The lowest BCUT2D eigenvalue weighted by Gasteiger charge is -2.21. The van der Waals surface area contributed by atoms with Crippen molar-refractivity contribution in [3.63, 3.8) is 0 Å². The first kappa shape index (κ1) is 10.1. The molecule has 0 saturated carbocycles. The Hall–Kier alpha value is -0.000000000000000111. The van der Waals surface area contributed by atoms with Crippen molar-refractivity contribution in [3.8, 4) is 0 Å². The first-order valence-electron chi connectivity index (χ1n) is 3.52. The largest absolute Gasteiger partial charge is 0.396 e. The van der Waals surface area contributed by atoms with E-state index in [2.05, 4.69) is 0 Å². The summed E-state index contributed by atoms with van der Waals surface area (Å²) in [4.78, 5) is 0. The molecule has 1 atom stereocenters. The molecule has 0 radical (unpaired) electrons. The van der Waals surface area contributed by atoms with Crippen LogP contribution in [0.15, 0.2) is 21.3 Å². The van der Waals surface area contributed by atoms with Gasteiger partial charge in [-0.05, 0) is 42.0 Å². The molecule has 0 aromatic carbocycles. The Morgan fingerprint density at radius 1 is 1.50 bits per heavy atom. The van der Waals surface area contributed by atoms with Crippen molar-refractivity contribution in [2.24, 2.45) is 5.92 Å². The molecule has 0 amide bonds. The summed E-state index contributed by atoms with van der Waals surface area (Å²) >= 11 is 1.76. The molecular weight excluding hydrogens is 280 g/mol. The number of alkyl halides is 3. The first-order valence-corrected chi connectivity index (χ1v) is 4.59. The number of hydrogen-bond donors (Lipinski definition) is 0. The quantitative estimate of drug-likeness (QED) is 0.594. The normalized spacial score (nSPS) is 24.9. The molecule has 0 saturated heterocycles. The third kappa shape index (κ3) is 2.24. The molecule has 0 aromatic heterocycles. The Bertz CT molecular complexity index is 237. The van der Waals surface area contributed by atoms with Crippen LogP contribution in [0.2, 0.25) is 0 Å². The molecule has 0 fully saturated rings. The van der Waals surface area contributed by atoms with E-state index in [0.29, 0.717) is 3.58 Å². The molecule has 0 heterocycles. The van der Waals surface area contributed by atoms with Gasteiger partial charge in [0.1, 0.15) is 0 Å². The molecule has 4 heteroatoms. The second-order valence-corrected chi connectivity index (χ2v) is 4.05. The van der Waals surface area contributed by atoms with Crippen molar-refractivity contribution in [3.05, 3.63) is 21.3 Å². The van der Waals surface area contributed by atoms with E-state index in [0.717, 1.165) is 5.57 Å². The highest BCUT2D eigenvalue weighted by Gasteiger charge is 2.41. The average molecular weight is 288 g/mol. The van der Waals surface area contributed by atoms with Crippen LogP contribution >= 0.6 is 22.6 Å². The van der Waals surface area contributed by atoms with Crippen LogP contribution in [0.25, 0.3) is 0 Å². The molecule has 0 N–H and O–H groups in total. The molecular formula is C8H8F3I. The van der Waals surface area contributed by atoms with E-state index in [1.165, 1.54) is 0 Å². The average Bonchev–Trinajstić information content (AvgIpc) is 1.83. The Morgan fingerprint density at radius 2 is 2.08 bits per heavy atom. The Morgan fingerprint density at radius 3 is 2.50 bits per heavy atom. The van der Waals surface area contributed by atoms with Crippen LogP contribution in [0.3, 0.4) is 0 Å². The van der Waals surface area contributed by atoms with Gasteiger partial charge in [-0.15, -0.1) is 0 Å². The van der Waals surface area contributed by atoms with Gasteiger partial charge in [0.2, 0.25) is 0 Å². The summed E-state index contributed by atoms with van der Waals surface area (Å²) in [5.41, 5.74) is 0.917. The van der Waals surface area contributed by atoms with Crippen molar-refractivity contribution in [1.29, 1.82) is 0 Å². The Kier molecular flexibility index (Phi) is 2.85. The molecule has 68 valence electrons. The second kappa shape index (κ2) is 3.40. The lowest BCUT2D eigenvalue weighted by atomic mass is 9.97. The van der Waals surface area contributed by atoms with Gasteiger partial charge in [0, 0.05) is 3.58 Å². The third-order valence-corrected chi connectivity index (χ3v) is 2.83. The fourth-order valence-corrected chi connectivity index (χ4v) is 2.18. The molecule has 12 heavy (non-hydrogen) atoms. The fourth-order valence-electron chi connectivity index (χ4n) is 1.08. The molecule has 0 spiro atoms. The monoisotopic (exact) mass is 288 g/mol. The predicted octanol–water partition coefficient (Wildman–Crippen LogP) is 3.83. The van der Waals surface area contributed by atoms with Gasteiger partial charge < -0.3 is 0 Å². The standard InChI is InChI=1S/C8H8F3I/c1-5-2-3-6(7(12)4-5)8(9,10)11/h2,4,6H,3H2,1H3. The lowest BCUT2D eigenvalue weighted by Crippen LogP contribution is -2.23. The van der Waals surface area contributed by atoms with Gasteiger partial charge in [-0.25, -0.2) is 0 Å². The van der Waals surface area contributed by atoms with Gasteiger partial charge in [-0.3, -0.25) is 0 Å². The Balaban J connectivity index is 2.82. The number of hydrogen-bond acceptors (Lipinski definition) is 0. The van der Waals surface area contributed by atoms with E-state index in [1.807, 2.05) is 6.92 Å². The summed E-state index contributed by atoms with van der Waals surface area (Å²) in [5, 5.41) is 0. The lowest BCUT2D eigenvalue weighted by molar-refractivity contribution is -0.160. The first-order chi connectivity index (χ1) is 5.41. The topological polar surface area (TPSA) is 0 Å². The van der Waals surface area contributed by atoms with Crippen LogP contribution in [0.1, 0.15) is 13.3 Å². The highest BCUT2D eigenvalue weighted by molar-refractivity contribution is 14.1. The van der Waals surface area contributed by atoms with Gasteiger partial charge in [0.25, 0.3) is 0 Å². The van der Waals surface area contributed by atoms with Gasteiger partial charge in [0.15, 0.2) is 0 Å². The van der Waals surface area contributed by atoms with Crippen molar-refractivity contribution < 1.29 is 13.2 Å². The van der Waals surface area contributed by atoms with Crippen LogP contribution in [-0.2, 0) is 0 Å². The van der Waals surface area contributed by atoms with E-state index >= 15 is 0 Å². The minimum atomic E-state index is -4.09. The van der Waals surface area contributed by atoms with Crippen molar-refractivity contribution in [2.45, 2.75) is 19.5 Å². The van der Waals surface area contributed by atoms with E-state index in [9.17, 15) is 13.2 Å². The zero-order valence-electron chi connectivity index (χ0n) is 6.45. The maximum atomic E-state index is 12.2. The highest BCUT2D eigenvalue weighted by Crippen LogP contribution is 2.40. The summed E-state index contributed by atoms with van der Waals surface area (Å²) in [5.74, 6) is -1.28. The summed E-state index contributed by atoms with van der Waals surface area (Å²) in [7, 11) is 0. The second-order valence-electron chi connectivity index (χ2n) is 2.81. The molecule has 0 nitrogen and oxygen atoms in total. The van der Waals surface area contributed by atoms with Crippen molar-refractivity contribution in [1.82, 2.24) is 0 Å². The molecule has 0 aliphatic heterocycles. The highest BCUT2D eigenvalue weighted by atomic mass is 127. The van der Waals surface area contributed by atoms with Crippen molar-refractivity contribution >= 4 is 22.6 Å². The van der Waals surface area contributed by atoms with E-state index in [-0.39, 0.29) is 6.42 Å². The molecule has 1 rings (SSSR count). The SMILES string of the molecule is CC1=CCC(C(F)(F)F)C(I)=C1. The van der Waals surface area contributed by atoms with Crippen LogP contribution < -0.4 is 0 Å². The Labute approximate surface area is 82.7 Å². The summed E-state index contributed by atoms with van der Waals surface area (Å²) in [6.45, 7) is 1.81. The maximum absolute atomic E-state index is 12.2. The summed E-state index contributed by atoms with van der Waals surface area (Å²) in [6.07, 6.45) is -0.795. The molecule has 0 bridgehead atoms. The number of halogens is 4. The molecule has 1 aliphatic rings. The fraction of sp³-hybridized carbons (Fsp3) is 0.500. The van der Waals surface area contributed by atoms with Gasteiger partial charge in [-0.1, -0.05) is 11.6 Å². The maximum Gasteiger partial charge on any atom is 0.396 e. The van der Waals surface area contributed by atoms with Crippen molar-refractivity contribution in [2.75, 3.05) is 0 Å². The van der Waals surface area contributed by atoms with E-state index in [4.69, 9.17) is 0 Å². The van der Waals surface area contributed by atoms with Crippen LogP contribution in [0, 0.1) is 5.92 Å². The third-order valence-electron chi connectivity index (χ3n) is 1.77. The smallest absolute Gasteiger partial charge is 0.170 e. The molecule has 1 aliphatic carbocycles. The van der Waals surface area contributed by atoms with Crippen LogP contribution in [0.5, 0.6) is 0 Å². The molecule has 1 unspecified atom stereocenters. The van der Waals surface area contributed by atoms with Crippen LogP contribution in [-0.4, -0.2) is 6.18 Å². The zero-order valence-corrected chi connectivity index (χ0v) is 8.61. The summed E-state index contributed by atoms with van der Waals surface area (Å²) < 4.78 is 37.1. The van der Waals surface area contributed by atoms with E-state index < -0.39 is 12.1 Å². The van der Waals surface area contributed by atoms with Gasteiger partial charge in [0.05, 0.1) is 5.92 Å². The minimum absolute atomic E-state index is 0.0874. The van der Waals surface area contributed by atoms with Gasteiger partial charge >= 0.3 is 6.18 Å². The number of rotatable bonds is 0. The van der Waals surface area contributed by atoms with E-state index in [1.54, 1.807) is 34.7 Å². The molecule has 0 aromatic rings. The minimum Gasteiger partial charge on any atom is -0.170 e. The summed E-state index contributed by atoms with van der Waals surface area (Å²) in [6, 6.07) is 0. The predicted molar refractivity (Wildman–Crippen MR) is 50.0 cm³/mol. The van der Waals surface area contributed by atoms with Crippen LogP contribution in [0.4, 0.5) is 13.2 Å². The number of allylic oxidation sites excluding steroid dienone is 4. The zero-order chi connectivity index (χ0) is 9.35.